The number of benzene rings is 1. The van der Waals surface area contributed by atoms with Crippen molar-refractivity contribution in [1.82, 2.24) is 14.7 Å². The van der Waals surface area contributed by atoms with E-state index in [1.165, 1.54) is 11.1 Å². The largest absolute Gasteiger partial charge is 0.330 e. The summed E-state index contributed by atoms with van der Waals surface area (Å²) in [6, 6.07) is 7.49. The van der Waals surface area contributed by atoms with Crippen molar-refractivity contribution in [3.63, 3.8) is 0 Å². The number of carbonyl (C=O) groups is 2. The predicted molar refractivity (Wildman–Crippen MR) is 118 cm³/mol. The minimum absolute atomic E-state index is 0.145. The lowest BCUT2D eigenvalue weighted by molar-refractivity contribution is -0.141. The van der Waals surface area contributed by atoms with Crippen LogP contribution in [0, 0.1) is 17.2 Å². The fraction of sp³-hybridized carbons (Fsp3) is 0.609. The number of piperazine rings is 1. The zero-order chi connectivity index (χ0) is 21.9. The van der Waals surface area contributed by atoms with Gasteiger partial charge in [-0.15, -0.1) is 12.6 Å². The van der Waals surface area contributed by atoms with Crippen molar-refractivity contribution in [2.75, 3.05) is 19.6 Å². The maximum atomic E-state index is 13.3. The molecule has 3 fully saturated rings. The van der Waals surface area contributed by atoms with Crippen LogP contribution in [-0.2, 0) is 16.0 Å². The SMILES string of the molecule is CC1CC(C#N)N(C(=O)C(N)CN2C[C@@H]3CC2C(=O)N3[C@H]2CCc3cc(S)ccc32)C1. The number of thiol groups is 1. The molecule has 3 saturated heterocycles. The van der Waals surface area contributed by atoms with Crippen LogP contribution in [0.3, 0.4) is 0 Å². The maximum Gasteiger partial charge on any atom is 0.241 e. The lowest BCUT2D eigenvalue weighted by Crippen LogP contribution is -2.56. The average Bonchev–Trinajstić information content (AvgIpc) is 3.49. The van der Waals surface area contributed by atoms with Gasteiger partial charge in [0.05, 0.1) is 24.2 Å². The van der Waals surface area contributed by atoms with Crippen LogP contribution < -0.4 is 5.73 Å². The van der Waals surface area contributed by atoms with Crippen LogP contribution in [0.2, 0.25) is 0 Å². The minimum Gasteiger partial charge on any atom is -0.330 e. The van der Waals surface area contributed by atoms with Gasteiger partial charge < -0.3 is 15.5 Å². The predicted octanol–water partition coefficient (Wildman–Crippen LogP) is 1.34. The number of carbonyl (C=O) groups excluding carboxylic acids is 2. The molecule has 8 heteroatoms. The van der Waals surface area contributed by atoms with E-state index in [1.807, 2.05) is 13.0 Å². The van der Waals surface area contributed by atoms with E-state index in [2.05, 4.69) is 40.6 Å². The van der Waals surface area contributed by atoms with Crippen LogP contribution in [0.25, 0.3) is 0 Å². The van der Waals surface area contributed by atoms with E-state index in [1.54, 1.807) is 4.90 Å². The van der Waals surface area contributed by atoms with Gasteiger partial charge in [0.1, 0.15) is 6.04 Å². The van der Waals surface area contributed by atoms with Gasteiger partial charge in [-0.1, -0.05) is 13.0 Å². The summed E-state index contributed by atoms with van der Waals surface area (Å²) < 4.78 is 0. The van der Waals surface area contributed by atoms with Gasteiger partial charge in [0, 0.05) is 30.6 Å². The van der Waals surface area contributed by atoms with E-state index < -0.39 is 6.04 Å². The Hall–Kier alpha value is -2.08. The van der Waals surface area contributed by atoms with Gasteiger partial charge in [-0.25, -0.2) is 0 Å². The lowest BCUT2D eigenvalue weighted by Gasteiger charge is -2.38. The van der Waals surface area contributed by atoms with E-state index >= 15 is 0 Å². The maximum absolute atomic E-state index is 13.3. The van der Waals surface area contributed by atoms with Crippen molar-refractivity contribution in [3.05, 3.63) is 29.3 Å². The Labute approximate surface area is 188 Å². The van der Waals surface area contributed by atoms with Crippen molar-refractivity contribution in [1.29, 1.82) is 5.26 Å². The Balaban J connectivity index is 1.25. The monoisotopic (exact) mass is 439 g/mol. The van der Waals surface area contributed by atoms with Crippen molar-refractivity contribution in [2.24, 2.45) is 11.7 Å². The summed E-state index contributed by atoms with van der Waals surface area (Å²) >= 11 is 4.44. The van der Waals surface area contributed by atoms with E-state index in [0.717, 1.165) is 30.7 Å². The normalized spacial score (nSPS) is 33.1. The zero-order valence-corrected chi connectivity index (χ0v) is 18.7. The smallest absolute Gasteiger partial charge is 0.241 e. The number of aryl methyl sites for hydroxylation is 1. The molecule has 1 aromatic rings. The van der Waals surface area contributed by atoms with Gasteiger partial charge >= 0.3 is 0 Å². The Morgan fingerprint density at radius 1 is 1.32 bits per heavy atom. The fourth-order valence-corrected chi connectivity index (χ4v) is 6.36. The van der Waals surface area contributed by atoms with Crippen molar-refractivity contribution in [2.45, 2.75) is 67.7 Å². The molecule has 0 spiro atoms. The summed E-state index contributed by atoms with van der Waals surface area (Å²) in [5.74, 6) is 0.301. The van der Waals surface area contributed by atoms with Gasteiger partial charge in [-0.3, -0.25) is 14.5 Å². The van der Waals surface area contributed by atoms with Crippen molar-refractivity contribution >= 4 is 24.4 Å². The quantitative estimate of drug-likeness (QED) is 0.691. The van der Waals surface area contributed by atoms with Crippen LogP contribution in [0.4, 0.5) is 0 Å². The summed E-state index contributed by atoms with van der Waals surface area (Å²) in [7, 11) is 0. The Morgan fingerprint density at radius 2 is 2.13 bits per heavy atom. The van der Waals surface area contributed by atoms with Crippen LogP contribution in [-0.4, -0.2) is 70.3 Å². The van der Waals surface area contributed by atoms with Crippen LogP contribution in [0.15, 0.2) is 23.1 Å². The van der Waals surface area contributed by atoms with Gasteiger partial charge in [-0.05, 0) is 54.9 Å². The first kappa shape index (κ1) is 20.8. The van der Waals surface area contributed by atoms with E-state index in [4.69, 9.17) is 5.73 Å². The zero-order valence-electron chi connectivity index (χ0n) is 17.8. The molecule has 0 aromatic heterocycles. The van der Waals surface area contributed by atoms with Crippen LogP contribution in [0.5, 0.6) is 0 Å². The highest BCUT2D eigenvalue weighted by Gasteiger charge is 2.53. The van der Waals surface area contributed by atoms with Crippen molar-refractivity contribution in [3.8, 4) is 6.07 Å². The average molecular weight is 440 g/mol. The molecule has 2 amide bonds. The molecule has 31 heavy (non-hydrogen) atoms. The molecule has 4 unspecified atom stereocenters. The van der Waals surface area contributed by atoms with E-state index in [9.17, 15) is 14.9 Å². The summed E-state index contributed by atoms with van der Waals surface area (Å²) in [6.45, 7) is 3.76. The molecule has 3 aliphatic heterocycles. The third-order valence-electron chi connectivity index (χ3n) is 7.51. The molecule has 164 valence electrons. The van der Waals surface area contributed by atoms with E-state index in [-0.39, 0.29) is 36.0 Å². The molecule has 1 aromatic carbocycles. The minimum atomic E-state index is -0.706. The molecule has 2 N–H and O–H groups in total. The number of fused-ring (bicyclic) bond motifs is 3. The molecule has 4 aliphatic rings. The van der Waals surface area contributed by atoms with E-state index in [0.29, 0.717) is 25.4 Å². The summed E-state index contributed by atoms with van der Waals surface area (Å²) in [4.78, 5) is 32.9. The summed E-state index contributed by atoms with van der Waals surface area (Å²) in [6.07, 6.45) is 3.45. The lowest BCUT2D eigenvalue weighted by atomic mass is 10.1. The second-order valence-corrected chi connectivity index (χ2v) is 10.1. The van der Waals surface area contributed by atoms with Crippen molar-refractivity contribution < 1.29 is 9.59 Å². The third kappa shape index (κ3) is 3.43. The summed E-state index contributed by atoms with van der Waals surface area (Å²) in [5.41, 5.74) is 8.82. The molecule has 0 radical (unpaired) electrons. The second-order valence-electron chi connectivity index (χ2n) is 9.63. The molecule has 5 rings (SSSR count). The molecule has 6 atom stereocenters. The van der Waals surface area contributed by atoms with Gasteiger partial charge in [-0.2, -0.15) is 5.26 Å². The number of rotatable bonds is 4. The highest BCUT2D eigenvalue weighted by atomic mass is 32.1. The number of hydrogen-bond acceptors (Lipinski definition) is 6. The first-order valence-electron chi connectivity index (χ1n) is 11.2. The topological polar surface area (TPSA) is 93.7 Å². The fourth-order valence-electron chi connectivity index (χ4n) is 6.13. The highest BCUT2D eigenvalue weighted by Crippen LogP contribution is 2.44. The molecular formula is C23H29N5O2S. The number of nitrogens with two attached hydrogens (primary N) is 1. The first-order valence-corrected chi connectivity index (χ1v) is 11.7. The van der Waals surface area contributed by atoms with Crippen LogP contribution >= 0.6 is 12.6 Å². The molecule has 7 nitrogen and oxygen atoms in total. The molecule has 2 bridgehead atoms. The molecule has 1 aliphatic carbocycles. The van der Waals surface area contributed by atoms with Gasteiger partial charge in [0.2, 0.25) is 11.8 Å². The molecule has 3 heterocycles. The van der Waals surface area contributed by atoms with Gasteiger partial charge in [0.25, 0.3) is 0 Å². The summed E-state index contributed by atoms with van der Waals surface area (Å²) in [5, 5.41) is 9.36. The Kier molecular flexibility index (Phi) is 5.24. The number of amides is 2. The number of hydrogen-bond donors (Lipinski definition) is 2. The standard InChI is InChI=1S/C23H29N5O2S/c1-13-6-15(9-24)27(10-13)22(29)19(25)12-26-11-16-8-21(26)23(30)28(16)20-5-2-14-7-17(31)3-4-18(14)20/h3-4,7,13,15-16,19-21,31H,2,5-6,8,10-12,25H2,1H3/t13?,15?,16-,19?,20-,21?/m0/s1. The first-order chi connectivity index (χ1) is 14.9. The third-order valence-corrected chi connectivity index (χ3v) is 7.79. The van der Waals surface area contributed by atoms with Crippen LogP contribution in [0.1, 0.15) is 43.4 Å². The second kappa shape index (κ2) is 7.80. The van der Waals surface area contributed by atoms with Gasteiger partial charge in [0.15, 0.2) is 0 Å². The number of nitriles is 1. The number of nitrogens with zero attached hydrogens (tertiary/aromatic N) is 4. The highest BCUT2D eigenvalue weighted by molar-refractivity contribution is 7.80. The molecule has 0 saturated carbocycles. The Bertz CT molecular complexity index is 962. The Morgan fingerprint density at radius 3 is 2.87 bits per heavy atom. The molecular weight excluding hydrogens is 410 g/mol. The number of likely N-dealkylation sites (tertiary alicyclic amines) is 3.